The molecule has 166 valence electrons. The molecule has 0 aliphatic carbocycles. The molecule has 3 aromatic carbocycles. The Morgan fingerprint density at radius 3 is 2.09 bits per heavy atom. The molecule has 0 unspecified atom stereocenters. The smallest absolute Gasteiger partial charge is 0.338 e. The third-order valence-electron chi connectivity index (χ3n) is 5.14. The van der Waals surface area contributed by atoms with Crippen molar-refractivity contribution in [3.05, 3.63) is 101 Å². The number of halogens is 1. The zero-order valence-corrected chi connectivity index (χ0v) is 17.7. The molecule has 0 amide bonds. The number of ether oxygens (including phenoxy) is 1. The highest BCUT2D eigenvalue weighted by atomic mass is 19.1. The molecule has 0 fully saturated rings. The zero-order valence-electron chi connectivity index (χ0n) is 17.7. The van der Waals surface area contributed by atoms with E-state index >= 15 is 0 Å². The SMILES string of the molecule is CCOC(=O)c1ccc(-n2c(O)c(O)c(C(=O)c3ccc(F)cc3)c2-c2ccccc2)cc1. The van der Waals surface area contributed by atoms with Crippen molar-refractivity contribution in [2.24, 2.45) is 0 Å². The van der Waals surface area contributed by atoms with Crippen LogP contribution in [0.25, 0.3) is 16.9 Å². The number of rotatable bonds is 6. The standard InChI is InChI=1S/C26H20FNO5/c1-2-33-26(32)18-10-14-20(15-11-18)28-22(16-6-4-3-5-7-16)21(24(30)25(28)31)23(29)17-8-12-19(27)13-9-17/h3-15,30-31H,2H2,1H3. The monoisotopic (exact) mass is 445 g/mol. The predicted molar refractivity (Wildman–Crippen MR) is 120 cm³/mol. The molecule has 0 saturated carbocycles. The molecular weight excluding hydrogens is 425 g/mol. The number of aromatic hydroxyl groups is 2. The Hall–Kier alpha value is -4.39. The Balaban J connectivity index is 1.91. The molecule has 4 aromatic rings. The fourth-order valence-corrected chi connectivity index (χ4v) is 3.59. The number of nitrogens with zero attached hydrogens (tertiary/aromatic N) is 1. The van der Waals surface area contributed by atoms with Crippen molar-refractivity contribution in [1.29, 1.82) is 0 Å². The zero-order chi connectivity index (χ0) is 23.5. The summed E-state index contributed by atoms with van der Waals surface area (Å²) in [6.45, 7) is 1.94. The molecule has 0 saturated heterocycles. The van der Waals surface area contributed by atoms with Crippen molar-refractivity contribution in [3.63, 3.8) is 0 Å². The molecule has 7 heteroatoms. The van der Waals surface area contributed by atoms with Gasteiger partial charge in [-0.3, -0.25) is 9.36 Å². The Bertz CT molecular complexity index is 1310. The number of benzene rings is 3. The third kappa shape index (κ3) is 4.08. The van der Waals surface area contributed by atoms with Gasteiger partial charge in [0.2, 0.25) is 5.88 Å². The lowest BCUT2D eigenvalue weighted by molar-refractivity contribution is 0.0526. The second kappa shape index (κ2) is 9.00. The average Bonchev–Trinajstić information content (AvgIpc) is 3.10. The van der Waals surface area contributed by atoms with Crippen LogP contribution in [0.4, 0.5) is 4.39 Å². The minimum Gasteiger partial charge on any atom is -0.503 e. The number of carbonyl (C=O) groups excluding carboxylic acids is 2. The number of esters is 1. The summed E-state index contributed by atoms with van der Waals surface area (Å²) >= 11 is 0. The molecule has 4 rings (SSSR count). The average molecular weight is 445 g/mol. The van der Waals surface area contributed by atoms with E-state index in [1.54, 1.807) is 49.4 Å². The van der Waals surface area contributed by atoms with Gasteiger partial charge in [-0.15, -0.1) is 0 Å². The normalized spacial score (nSPS) is 10.7. The first-order valence-electron chi connectivity index (χ1n) is 10.2. The fraction of sp³-hybridized carbons (Fsp3) is 0.0769. The van der Waals surface area contributed by atoms with Gasteiger partial charge in [0.15, 0.2) is 11.5 Å². The molecule has 0 aliphatic rings. The quantitative estimate of drug-likeness (QED) is 0.318. The molecule has 6 nitrogen and oxygen atoms in total. The van der Waals surface area contributed by atoms with Gasteiger partial charge >= 0.3 is 5.97 Å². The first-order chi connectivity index (χ1) is 15.9. The van der Waals surface area contributed by atoms with E-state index in [-0.39, 0.29) is 23.4 Å². The molecule has 0 bridgehead atoms. The second-order valence-corrected chi connectivity index (χ2v) is 7.20. The minimum absolute atomic E-state index is 0.125. The van der Waals surface area contributed by atoms with Crippen LogP contribution in [0.5, 0.6) is 11.6 Å². The highest BCUT2D eigenvalue weighted by molar-refractivity contribution is 6.15. The number of aromatic nitrogens is 1. The molecule has 1 aromatic heterocycles. The highest BCUT2D eigenvalue weighted by Crippen LogP contribution is 2.44. The van der Waals surface area contributed by atoms with E-state index in [0.717, 1.165) is 12.1 Å². The van der Waals surface area contributed by atoms with E-state index in [4.69, 9.17) is 4.74 Å². The Morgan fingerprint density at radius 1 is 0.879 bits per heavy atom. The molecule has 2 N–H and O–H groups in total. The van der Waals surface area contributed by atoms with Crippen LogP contribution in [-0.4, -0.2) is 33.1 Å². The van der Waals surface area contributed by atoms with Gasteiger partial charge in [0.05, 0.1) is 23.4 Å². The van der Waals surface area contributed by atoms with Gasteiger partial charge in [-0.1, -0.05) is 30.3 Å². The highest BCUT2D eigenvalue weighted by Gasteiger charge is 2.29. The molecule has 1 heterocycles. The van der Waals surface area contributed by atoms with Gasteiger partial charge in [0.25, 0.3) is 0 Å². The maximum atomic E-state index is 13.4. The van der Waals surface area contributed by atoms with E-state index < -0.39 is 29.2 Å². The summed E-state index contributed by atoms with van der Waals surface area (Å²) in [5.74, 6) is -2.70. The van der Waals surface area contributed by atoms with Gasteiger partial charge in [-0.05, 0) is 61.0 Å². The summed E-state index contributed by atoms with van der Waals surface area (Å²) < 4.78 is 19.7. The van der Waals surface area contributed by atoms with Crippen LogP contribution in [0.3, 0.4) is 0 Å². The number of ketones is 1. The van der Waals surface area contributed by atoms with E-state index in [2.05, 4.69) is 0 Å². The molecule has 0 atom stereocenters. The number of hydrogen-bond donors (Lipinski definition) is 2. The van der Waals surface area contributed by atoms with Gasteiger partial charge in [-0.2, -0.15) is 0 Å². The lowest BCUT2D eigenvalue weighted by Crippen LogP contribution is -2.06. The molecule has 0 radical (unpaired) electrons. The summed E-state index contributed by atoms with van der Waals surface area (Å²) in [5, 5.41) is 21.6. The van der Waals surface area contributed by atoms with Crippen LogP contribution in [-0.2, 0) is 4.74 Å². The van der Waals surface area contributed by atoms with E-state index in [0.29, 0.717) is 16.8 Å². The van der Waals surface area contributed by atoms with Crippen LogP contribution in [0.2, 0.25) is 0 Å². The van der Waals surface area contributed by atoms with Gasteiger partial charge in [-0.25, -0.2) is 9.18 Å². The molecular formula is C26H20FNO5. The number of hydrogen-bond acceptors (Lipinski definition) is 5. The van der Waals surface area contributed by atoms with Crippen LogP contribution in [0.1, 0.15) is 33.2 Å². The van der Waals surface area contributed by atoms with Crippen LogP contribution >= 0.6 is 0 Å². The van der Waals surface area contributed by atoms with Crippen LogP contribution in [0.15, 0.2) is 78.9 Å². The van der Waals surface area contributed by atoms with Crippen molar-refractivity contribution < 1.29 is 28.9 Å². The Labute approximate surface area is 189 Å². The first kappa shape index (κ1) is 21.8. The van der Waals surface area contributed by atoms with Gasteiger partial charge < -0.3 is 14.9 Å². The molecule has 0 spiro atoms. The minimum atomic E-state index is -0.599. The summed E-state index contributed by atoms with van der Waals surface area (Å²) in [6.07, 6.45) is 0. The Morgan fingerprint density at radius 2 is 1.48 bits per heavy atom. The van der Waals surface area contributed by atoms with Gasteiger partial charge in [0, 0.05) is 11.3 Å². The summed E-state index contributed by atoms with van der Waals surface area (Å²) in [4.78, 5) is 25.3. The van der Waals surface area contributed by atoms with Gasteiger partial charge in [0.1, 0.15) is 5.82 Å². The summed E-state index contributed by atoms with van der Waals surface area (Å²) in [6, 6.07) is 19.9. The summed E-state index contributed by atoms with van der Waals surface area (Å²) in [7, 11) is 0. The van der Waals surface area contributed by atoms with Crippen molar-refractivity contribution in [2.45, 2.75) is 6.92 Å². The second-order valence-electron chi connectivity index (χ2n) is 7.20. The third-order valence-corrected chi connectivity index (χ3v) is 5.14. The van der Waals surface area contributed by atoms with Crippen molar-refractivity contribution >= 4 is 11.8 Å². The summed E-state index contributed by atoms with van der Waals surface area (Å²) in [5.41, 5.74) is 1.57. The fourth-order valence-electron chi connectivity index (χ4n) is 3.59. The molecule has 33 heavy (non-hydrogen) atoms. The first-order valence-corrected chi connectivity index (χ1v) is 10.2. The maximum absolute atomic E-state index is 13.4. The maximum Gasteiger partial charge on any atom is 0.338 e. The van der Waals surface area contributed by atoms with Crippen molar-refractivity contribution in [2.75, 3.05) is 6.61 Å². The van der Waals surface area contributed by atoms with E-state index in [9.17, 15) is 24.2 Å². The lowest BCUT2D eigenvalue weighted by atomic mass is 9.99. The predicted octanol–water partition coefficient (Wildman–Crippen LogP) is 5.10. The van der Waals surface area contributed by atoms with Crippen LogP contribution in [0, 0.1) is 5.82 Å². The van der Waals surface area contributed by atoms with Crippen LogP contribution < -0.4 is 0 Å². The lowest BCUT2D eigenvalue weighted by Gasteiger charge is -2.12. The van der Waals surface area contributed by atoms with Crippen molar-refractivity contribution in [1.82, 2.24) is 4.57 Å². The number of carbonyl (C=O) groups is 2. The topological polar surface area (TPSA) is 88.8 Å². The molecule has 0 aliphatic heterocycles. The van der Waals surface area contributed by atoms with E-state index in [1.165, 1.54) is 28.8 Å². The van der Waals surface area contributed by atoms with Crippen molar-refractivity contribution in [3.8, 4) is 28.6 Å². The Kier molecular flexibility index (Phi) is 5.95. The van der Waals surface area contributed by atoms with E-state index in [1.807, 2.05) is 0 Å². The largest absolute Gasteiger partial charge is 0.503 e.